The molecule has 5 nitrogen and oxygen atoms in total. The van der Waals surface area contributed by atoms with Crippen molar-refractivity contribution >= 4 is 11.5 Å². The molecule has 0 aliphatic heterocycles. The number of nitrogens with two attached hydrogens (primary N) is 1. The molecule has 6 heteroatoms. The highest BCUT2D eigenvalue weighted by Crippen LogP contribution is 2.12. The van der Waals surface area contributed by atoms with E-state index in [-0.39, 0.29) is 11.7 Å². The third-order valence-electron chi connectivity index (χ3n) is 2.57. The van der Waals surface area contributed by atoms with E-state index in [0.717, 1.165) is 11.3 Å². The summed E-state index contributed by atoms with van der Waals surface area (Å²) in [5.74, 6) is -0.333. The minimum absolute atomic E-state index is 0.0449. The van der Waals surface area contributed by atoms with Gasteiger partial charge in [0.1, 0.15) is 11.5 Å². The topological polar surface area (TPSA) is 83.5 Å². The minimum atomic E-state index is -0.288. The Kier molecular flexibility index (Phi) is 3.92. The van der Waals surface area contributed by atoms with Gasteiger partial charge in [-0.25, -0.2) is 4.39 Å². The lowest BCUT2D eigenvalue weighted by molar-refractivity contribution is 0.318. The summed E-state index contributed by atoms with van der Waals surface area (Å²) in [7, 11) is 0. The van der Waals surface area contributed by atoms with E-state index in [4.69, 9.17) is 10.9 Å². The standard InChI is InChI=1S/C13H13FN4O/c14-10-3-5-11(6-4-10)17-8-9-2-1-7-16-12(9)13(15)18-19/h1-7,17,19H,8H2,(H2,15,18). The number of amidine groups is 1. The van der Waals surface area contributed by atoms with Crippen molar-refractivity contribution < 1.29 is 9.60 Å². The highest BCUT2D eigenvalue weighted by atomic mass is 19.1. The molecule has 0 amide bonds. The van der Waals surface area contributed by atoms with E-state index in [1.165, 1.54) is 12.1 Å². The lowest BCUT2D eigenvalue weighted by Gasteiger charge is -2.09. The molecule has 0 unspecified atom stereocenters. The summed E-state index contributed by atoms with van der Waals surface area (Å²) in [6.07, 6.45) is 1.56. The summed E-state index contributed by atoms with van der Waals surface area (Å²) in [5, 5.41) is 14.7. The van der Waals surface area contributed by atoms with E-state index < -0.39 is 0 Å². The molecule has 2 rings (SSSR count). The van der Waals surface area contributed by atoms with Gasteiger partial charge in [-0.3, -0.25) is 4.98 Å². The fourth-order valence-electron chi connectivity index (χ4n) is 1.62. The Morgan fingerprint density at radius 2 is 2.05 bits per heavy atom. The Balaban J connectivity index is 2.13. The number of nitrogens with one attached hydrogen (secondary N) is 1. The lowest BCUT2D eigenvalue weighted by atomic mass is 10.1. The minimum Gasteiger partial charge on any atom is -0.409 e. The maximum atomic E-state index is 12.8. The zero-order valence-electron chi connectivity index (χ0n) is 10.0. The van der Waals surface area contributed by atoms with Crippen LogP contribution >= 0.6 is 0 Å². The van der Waals surface area contributed by atoms with Gasteiger partial charge in [0.25, 0.3) is 0 Å². The van der Waals surface area contributed by atoms with E-state index in [2.05, 4.69) is 15.5 Å². The van der Waals surface area contributed by atoms with Crippen molar-refractivity contribution in [3.8, 4) is 0 Å². The first-order valence-corrected chi connectivity index (χ1v) is 5.62. The molecule has 0 aliphatic carbocycles. The van der Waals surface area contributed by atoms with Crippen LogP contribution in [0.3, 0.4) is 0 Å². The van der Waals surface area contributed by atoms with Gasteiger partial charge in [0.15, 0.2) is 5.84 Å². The molecule has 1 heterocycles. The van der Waals surface area contributed by atoms with Gasteiger partial charge in [-0.05, 0) is 30.3 Å². The Bertz CT molecular complexity index is 583. The van der Waals surface area contributed by atoms with Crippen molar-refractivity contribution in [1.29, 1.82) is 0 Å². The van der Waals surface area contributed by atoms with E-state index >= 15 is 0 Å². The molecular weight excluding hydrogens is 247 g/mol. The van der Waals surface area contributed by atoms with Crippen molar-refractivity contribution in [2.24, 2.45) is 10.9 Å². The van der Waals surface area contributed by atoms with Crippen molar-refractivity contribution in [3.05, 3.63) is 59.7 Å². The number of nitrogens with zero attached hydrogens (tertiary/aromatic N) is 2. The Labute approximate surface area is 109 Å². The molecule has 0 aliphatic rings. The average molecular weight is 260 g/mol. The molecule has 0 spiro atoms. The first-order chi connectivity index (χ1) is 9.20. The van der Waals surface area contributed by atoms with Crippen LogP contribution in [-0.4, -0.2) is 16.0 Å². The molecule has 2 aromatic rings. The Hall–Kier alpha value is -2.63. The van der Waals surface area contributed by atoms with Crippen LogP contribution in [0.1, 0.15) is 11.3 Å². The number of hydrogen-bond acceptors (Lipinski definition) is 4. The number of rotatable bonds is 4. The quantitative estimate of drug-likeness (QED) is 0.339. The van der Waals surface area contributed by atoms with E-state index in [9.17, 15) is 4.39 Å². The van der Waals surface area contributed by atoms with Gasteiger partial charge in [-0.2, -0.15) is 0 Å². The number of benzene rings is 1. The van der Waals surface area contributed by atoms with Crippen LogP contribution < -0.4 is 11.1 Å². The van der Waals surface area contributed by atoms with Crippen LogP contribution in [-0.2, 0) is 6.54 Å². The van der Waals surface area contributed by atoms with E-state index in [1.807, 2.05) is 6.07 Å². The van der Waals surface area contributed by atoms with E-state index in [1.54, 1.807) is 24.4 Å². The highest BCUT2D eigenvalue weighted by molar-refractivity contribution is 5.96. The van der Waals surface area contributed by atoms with E-state index in [0.29, 0.717) is 12.2 Å². The van der Waals surface area contributed by atoms with Crippen molar-refractivity contribution in [2.45, 2.75) is 6.54 Å². The molecule has 1 aromatic heterocycles. The Morgan fingerprint density at radius 1 is 1.32 bits per heavy atom. The summed E-state index contributed by atoms with van der Waals surface area (Å²) >= 11 is 0. The van der Waals surface area contributed by atoms with Gasteiger partial charge in [-0.1, -0.05) is 11.2 Å². The number of anilines is 1. The smallest absolute Gasteiger partial charge is 0.189 e. The molecule has 0 fully saturated rings. The third-order valence-corrected chi connectivity index (χ3v) is 2.57. The monoisotopic (exact) mass is 260 g/mol. The molecule has 0 saturated carbocycles. The average Bonchev–Trinajstić information content (AvgIpc) is 2.46. The van der Waals surface area contributed by atoms with Gasteiger partial charge in [0, 0.05) is 24.0 Å². The van der Waals surface area contributed by atoms with Crippen LogP contribution in [0.25, 0.3) is 0 Å². The molecule has 98 valence electrons. The largest absolute Gasteiger partial charge is 0.409 e. The maximum absolute atomic E-state index is 12.8. The van der Waals surface area contributed by atoms with Crippen molar-refractivity contribution in [1.82, 2.24) is 4.98 Å². The lowest BCUT2D eigenvalue weighted by Crippen LogP contribution is -2.18. The molecule has 19 heavy (non-hydrogen) atoms. The number of halogens is 1. The first kappa shape index (κ1) is 12.8. The fourth-order valence-corrected chi connectivity index (χ4v) is 1.62. The molecule has 0 radical (unpaired) electrons. The predicted octanol–water partition coefficient (Wildman–Crippen LogP) is 1.93. The van der Waals surface area contributed by atoms with Gasteiger partial charge >= 0.3 is 0 Å². The molecule has 1 aromatic carbocycles. The second-order valence-corrected chi connectivity index (χ2v) is 3.86. The summed E-state index contributed by atoms with van der Waals surface area (Å²) in [6.45, 7) is 0.436. The van der Waals surface area contributed by atoms with Crippen LogP contribution in [0.2, 0.25) is 0 Å². The molecule has 0 saturated heterocycles. The number of aromatic nitrogens is 1. The predicted molar refractivity (Wildman–Crippen MR) is 70.5 cm³/mol. The fraction of sp³-hybridized carbons (Fsp3) is 0.0769. The number of pyridine rings is 1. The molecule has 0 bridgehead atoms. The second kappa shape index (κ2) is 5.81. The van der Waals surface area contributed by atoms with Crippen LogP contribution in [0, 0.1) is 5.82 Å². The Morgan fingerprint density at radius 3 is 2.74 bits per heavy atom. The van der Waals surface area contributed by atoms with Gasteiger partial charge in [0.2, 0.25) is 0 Å². The summed E-state index contributed by atoms with van der Waals surface area (Å²) in [5.41, 5.74) is 7.51. The summed E-state index contributed by atoms with van der Waals surface area (Å²) < 4.78 is 12.8. The SMILES string of the molecule is NC(=NO)c1ncccc1CNc1ccc(F)cc1. The van der Waals surface area contributed by atoms with Gasteiger partial charge < -0.3 is 16.3 Å². The third kappa shape index (κ3) is 3.19. The number of hydrogen-bond donors (Lipinski definition) is 3. The van der Waals surface area contributed by atoms with Crippen LogP contribution in [0.4, 0.5) is 10.1 Å². The molecule has 0 atom stereocenters. The van der Waals surface area contributed by atoms with Gasteiger partial charge in [0.05, 0.1) is 0 Å². The zero-order chi connectivity index (χ0) is 13.7. The zero-order valence-corrected chi connectivity index (χ0v) is 10.0. The van der Waals surface area contributed by atoms with Crippen molar-refractivity contribution in [2.75, 3.05) is 5.32 Å². The molecule has 4 N–H and O–H groups in total. The maximum Gasteiger partial charge on any atom is 0.189 e. The van der Waals surface area contributed by atoms with Crippen LogP contribution in [0.5, 0.6) is 0 Å². The summed E-state index contributed by atoms with van der Waals surface area (Å²) in [4.78, 5) is 4.06. The van der Waals surface area contributed by atoms with Crippen molar-refractivity contribution in [3.63, 3.8) is 0 Å². The highest BCUT2D eigenvalue weighted by Gasteiger charge is 2.07. The summed E-state index contributed by atoms with van der Waals surface area (Å²) in [6, 6.07) is 9.59. The normalized spacial score (nSPS) is 11.3. The van der Waals surface area contributed by atoms with Crippen LogP contribution in [0.15, 0.2) is 47.8 Å². The second-order valence-electron chi connectivity index (χ2n) is 3.86. The number of oxime groups is 1. The van der Waals surface area contributed by atoms with Gasteiger partial charge in [-0.15, -0.1) is 0 Å². The molecular formula is C13H13FN4O. The first-order valence-electron chi connectivity index (χ1n) is 5.62.